The van der Waals surface area contributed by atoms with Gasteiger partial charge >= 0.3 is 18.2 Å². The number of aryl methyl sites for hydroxylation is 1. The summed E-state index contributed by atoms with van der Waals surface area (Å²) in [5, 5.41) is 18.4. The van der Waals surface area contributed by atoms with E-state index < -0.39 is 41.5 Å². The van der Waals surface area contributed by atoms with Crippen LogP contribution in [0, 0.1) is 12.7 Å². The highest BCUT2D eigenvalue weighted by atomic mass is 19.4. The Labute approximate surface area is 207 Å². The molecule has 1 aliphatic heterocycles. The predicted molar refractivity (Wildman–Crippen MR) is 124 cm³/mol. The molecule has 4 rings (SSSR count). The Morgan fingerprint density at radius 3 is 2.49 bits per heavy atom. The fourth-order valence-electron chi connectivity index (χ4n) is 4.07. The number of likely N-dealkylation sites (tertiary alicyclic amines) is 1. The number of carbonyl (C=O) groups is 3. The maximum atomic E-state index is 13.8. The van der Waals surface area contributed by atoms with Crippen LogP contribution in [0.2, 0.25) is 0 Å². The summed E-state index contributed by atoms with van der Waals surface area (Å²) in [6.45, 7) is 1.87. The monoisotopic (exact) mass is 519 g/mol. The van der Waals surface area contributed by atoms with Crippen molar-refractivity contribution in [3.8, 4) is 5.69 Å². The fraction of sp³-hybridized carbons (Fsp3) is 0.250. The van der Waals surface area contributed by atoms with Crippen LogP contribution in [-0.2, 0) is 11.0 Å². The third-order valence-electron chi connectivity index (χ3n) is 5.89. The van der Waals surface area contributed by atoms with E-state index in [9.17, 15) is 31.9 Å². The van der Waals surface area contributed by atoms with Gasteiger partial charge in [-0.25, -0.2) is 18.7 Å². The van der Waals surface area contributed by atoms with E-state index in [-0.39, 0.29) is 23.6 Å². The molecule has 2 aromatic carbocycles. The number of carbonyl (C=O) groups excluding carboxylic acids is 2. The second kappa shape index (κ2) is 9.91. The van der Waals surface area contributed by atoms with Gasteiger partial charge in [-0.15, -0.1) is 0 Å². The highest BCUT2D eigenvalue weighted by Gasteiger charge is 2.36. The van der Waals surface area contributed by atoms with Gasteiger partial charge < -0.3 is 20.6 Å². The van der Waals surface area contributed by atoms with Gasteiger partial charge in [-0.1, -0.05) is 0 Å². The first-order valence-electron chi connectivity index (χ1n) is 11.1. The van der Waals surface area contributed by atoms with Gasteiger partial charge in [-0.3, -0.25) is 4.79 Å². The van der Waals surface area contributed by atoms with Crippen LogP contribution in [0.3, 0.4) is 0 Å². The quantitative estimate of drug-likeness (QED) is 0.424. The van der Waals surface area contributed by atoms with Gasteiger partial charge in [0.2, 0.25) is 5.91 Å². The van der Waals surface area contributed by atoms with Crippen molar-refractivity contribution in [1.29, 1.82) is 0 Å². The number of nitrogens with zero attached hydrogens (tertiary/aromatic N) is 3. The zero-order valence-electron chi connectivity index (χ0n) is 19.3. The number of benzene rings is 2. The van der Waals surface area contributed by atoms with Crippen LogP contribution in [0.1, 0.15) is 34.3 Å². The number of aromatic carboxylic acids is 1. The Balaban J connectivity index is 1.42. The summed E-state index contributed by atoms with van der Waals surface area (Å²) in [5.41, 5.74) is -0.357. The molecule has 1 saturated heterocycles. The molecule has 13 heteroatoms. The Bertz CT molecular complexity index is 1370. The molecular weight excluding hydrogens is 498 g/mol. The van der Waals surface area contributed by atoms with Gasteiger partial charge in [0.25, 0.3) is 0 Å². The lowest BCUT2D eigenvalue weighted by Crippen LogP contribution is -2.45. The van der Waals surface area contributed by atoms with Gasteiger partial charge in [0, 0.05) is 24.5 Å². The molecule has 1 fully saturated rings. The van der Waals surface area contributed by atoms with Crippen molar-refractivity contribution < 1.29 is 37.1 Å². The first-order valence-corrected chi connectivity index (χ1v) is 11.1. The van der Waals surface area contributed by atoms with Gasteiger partial charge in [-0.2, -0.15) is 18.3 Å². The smallest absolute Gasteiger partial charge is 0.419 e. The zero-order chi connectivity index (χ0) is 26.9. The molecule has 1 aliphatic rings. The minimum absolute atomic E-state index is 0.156. The molecule has 3 amide bonds. The average Bonchev–Trinajstić information content (AvgIpc) is 3.48. The third kappa shape index (κ3) is 5.55. The largest absolute Gasteiger partial charge is 0.478 e. The number of nitrogens with one attached hydrogen (secondary N) is 2. The molecule has 0 saturated carbocycles. The molecule has 2 heterocycles. The van der Waals surface area contributed by atoms with Crippen molar-refractivity contribution in [3.05, 3.63) is 71.2 Å². The molecule has 0 aliphatic carbocycles. The Kier molecular flexibility index (Phi) is 6.88. The molecule has 1 atom stereocenters. The number of aromatic nitrogens is 2. The van der Waals surface area contributed by atoms with Crippen LogP contribution in [0.4, 0.5) is 33.9 Å². The van der Waals surface area contributed by atoms with E-state index in [2.05, 4.69) is 15.7 Å². The van der Waals surface area contributed by atoms with Crippen LogP contribution in [0.25, 0.3) is 5.69 Å². The molecule has 0 radical (unpaired) electrons. The lowest BCUT2D eigenvalue weighted by atomic mass is 10.1. The molecule has 1 aromatic heterocycles. The first kappa shape index (κ1) is 25.7. The van der Waals surface area contributed by atoms with Crippen molar-refractivity contribution >= 4 is 29.4 Å². The molecule has 194 valence electrons. The summed E-state index contributed by atoms with van der Waals surface area (Å²) >= 11 is 0. The van der Waals surface area contributed by atoms with Crippen LogP contribution in [-0.4, -0.2) is 50.3 Å². The normalized spacial score (nSPS) is 15.5. The van der Waals surface area contributed by atoms with Crippen molar-refractivity contribution in [3.63, 3.8) is 0 Å². The van der Waals surface area contributed by atoms with E-state index in [1.807, 2.05) is 0 Å². The van der Waals surface area contributed by atoms with Crippen LogP contribution in [0.5, 0.6) is 0 Å². The number of hydrogen-bond donors (Lipinski definition) is 3. The van der Waals surface area contributed by atoms with Crippen molar-refractivity contribution in [1.82, 2.24) is 14.7 Å². The topological polar surface area (TPSA) is 117 Å². The number of hydrogen-bond acceptors (Lipinski definition) is 4. The summed E-state index contributed by atoms with van der Waals surface area (Å²) in [5.74, 6) is -2.90. The lowest BCUT2D eigenvalue weighted by molar-refractivity contribution is -0.140. The standard InChI is InChI=1S/C24H21F4N5O4/c1-13-11-15(5-6-16(13)22(35)36)33-10-8-20(31-33)30-21(34)19-3-2-9-32(19)23(37)29-14-4-7-17(18(25)12-14)24(26,27)28/h4-8,10-12,19H,2-3,9H2,1H3,(H,29,37)(H,35,36)(H,30,31,34)/t19-/m1/s1. The number of alkyl halides is 3. The summed E-state index contributed by atoms with van der Waals surface area (Å²) in [6, 6.07) is 6.60. The molecular formula is C24H21F4N5O4. The number of amides is 3. The lowest BCUT2D eigenvalue weighted by Gasteiger charge is -2.24. The van der Waals surface area contributed by atoms with Crippen LogP contribution >= 0.6 is 0 Å². The van der Waals surface area contributed by atoms with Crippen molar-refractivity contribution in [2.45, 2.75) is 32.0 Å². The molecule has 37 heavy (non-hydrogen) atoms. The van der Waals surface area contributed by atoms with E-state index in [0.29, 0.717) is 36.2 Å². The summed E-state index contributed by atoms with van der Waals surface area (Å²) < 4.78 is 53.6. The number of halogens is 4. The predicted octanol–water partition coefficient (Wildman–Crippen LogP) is 4.67. The van der Waals surface area contributed by atoms with Crippen LogP contribution < -0.4 is 10.6 Å². The molecule has 0 bridgehead atoms. The first-order chi connectivity index (χ1) is 17.4. The molecule has 0 spiro atoms. The molecule has 9 nitrogen and oxygen atoms in total. The van der Waals surface area contributed by atoms with Crippen molar-refractivity contribution in [2.24, 2.45) is 0 Å². The minimum atomic E-state index is -4.86. The van der Waals surface area contributed by atoms with Gasteiger partial charge in [0.1, 0.15) is 11.9 Å². The maximum absolute atomic E-state index is 13.8. The number of carboxylic acids is 1. The van der Waals surface area contributed by atoms with Gasteiger partial charge in [-0.05, 0) is 61.7 Å². The fourth-order valence-corrected chi connectivity index (χ4v) is 4.07. The van der Waals surface area contributed by atoms with E-state index in [1.54, 1.807) is 25.3 Å². The Morgan fingerprint density at radius 1 is 1.08 bits per heavy atom. The van der Waals surface area contributed by atoms with E-state index >= 15 is 0 Å². The van der Waals surface area contributed by atoms with E-state index in [0.717, 1.165) is 6.07 Å². The summed E-state index contributed by atoms with van der Waals surface area (Å²) in [7, 11) is 0. The Hall–Kier alpha value is -4.42. The van der Waals surface area contributed by atoms with Crippen LogP contribution in [0.15, 0.2) is 48.7 Å². The number of anilines is 2. The SMILES string of the molecule is Cc1cc(-n2ccc(NC(=O)[C@H]3CCCN3C(=O)Nc3ccc(C(F)(F)F)c(F)c3)n2)ccc1C(=O)O. The average molecular weight is 519 g/mol. The number of urea groups is 1. The molecule has 0 unspecified atom stereocenters. The maximum Gasteiger partial charge on any atom is 0.419 e. The van der Waals surface area contributed by atoms with Gasteiger partial charge in [0.05, 0.1) is 16.8 Å². The number of carboxylic acid groups (broad SMARTS) is 1. The molecule has 3 aromatic rings. The zero-order valence-corrected chi connectivity index (χ0v) is 19.3. The Morgan fingerprint density at radius 2 is 1.84 bits per heavy atom. The summed E-state index contributed by atoms with van der Waals surface area (Å²) in [4.78, 5) is 38.0. The second-order valence-electron chi connectivity index (χ2n) is 8.41. The third-order valence-corrected chi connectivity index (χ3v) is 5.89. The number of rotatable bonds is 5. The van der Waals surface area contributed by atoms with E-state index in [1.165, 1.54) is 21.7 Å². The highest BCUT2D eigenvalue weighted by molar-refractivity contribution is 5.99. The molecule has 3 N–H and O–H groups in total. The highest BCUT2D eigenvalue weighted by Crippen LogP contribution is 2.32. The van der Waals surface area contributed by atoms with Crippen molar-refractivity contribution in [2.75, 3.05) is 17.2 Å². The summed E-state index contributed by atoms with van der Waals surface area (Å²) in [6.07, 6.45) is -2.44. The minimum Gasteiger partial charge on any atom is -0.478 e. The second-order valence-corrected chi connectivity index (χ2v) is 8.41. The van der Waals surface area contributed by atoms with Gasteiger partial charge in [0.15, 0.2) is 5.82 Å². The van der Waals surface area contributed by atoms with E-state index in [4.69, 9.17) is 5.11 Å².